The fourth-order valence-electron chi connectivity index (χ4n) is 4.51. The Morgan fingerprint density at radius 2 is 1.58 bits per heavy atom. The van der Waals surface area contributed by atoms with E-state index in [1.54, 1.807) is 36.9 Å². The standard InChI is InChI=1S/C27H30N4O2/c1-20(2)30-26(33)27(10-16-31(17-11-27)25(32)23-8-14-29-15-9-23)19-21-4-3-5-24(18-21)22-6-12-28-13-7-22/h3-9,12-15,18,20H,10-11,16-17,19H2,1-2H3,(H,30,33). The summed E-state index contributed by atoms with van der Waals surface area (Å²) in [6, 6.07) is 15.9. The lowest BCUT2D eigenvalue weighted by atomic mass is 9.72. The van der Waals surface area contributed by atoms with Gasteiger partial charge < -0.3 is 10.2 Å². The molecule has 3 aromatic rings. The first-order valence-corrected chi connectivity index (χ1v) is 11.5. The summed E-state index contributed by atoms with van der Waals surface area (Å²) in [5.74, 6) is 0.0674. The van der Waals surface area contributed by atoms with Crippen LogP contribution in [-0.4, -0.2) is 45.8 Å². The van der Waals surface area contributed by atoms with Gasteiger partial charge in [0.25, 0.3) is 5.91 Å². The lowest BCUT2D eigenvalue weighted by Crippen LogP contribution is -2.52. The Morgan fingerprint density at radius 3 is 2.21 bits per heavy atom. The van der Waals surface area contributed by atoms with Crippen LogP contribution in [0.25, 0.3) is 11.1 Å². The first kappa shape index (κ1) is 22.6. The van der Waals surface area contributed by atoms with Crippen molar-refractivity contribution in [2.45, 2.75) is 39.2 Å². The number of hydrogen-bond acceptors (Lipinski definition) is 4. The molecule has 4 rings (SSSR count). The molecule has 1 aliphatic heterocycles. The summed E-state index contributed by atoms with van der Waals surface area (Å²) < 4.78 is 0. The third-order valence-electron chi connectivity index (χ3n) is 6.32. The van der Waals surface area contributed by atoms with Gasteiger partial charge in [-0.05, 0) is 74.1 Å². The first-order valence-electron chi connectivity index (χ1n) is 11.5. The SMILES string of the molecule is CC(C)NC(=O)C1(Cc2cccc(-c3ccncc3)c2)CCN(C(=O)c2ccncc2)CC1. The van der Waals surface area contributed by atoms with Gasteiger partial charge in [-0.3, -0.25) is 19.6 Å². The molecular formula is C27H30N4O2. The fraction of sp³-hybridized carbons (Fsp3) is 0.333. The average molecular weight is 443 g/mol. The Morgan fingerprint density at radius 1 is 0.939 bits per heavy atom. The van der Waals surface area contributed by atoms with Gasteiger partial charge in [-0.25, -0.2) is 0 Å². The summed E-state index contributed by atoms with van der Waals surface area (Å²) in [6.07, 6.45) is 8.73. The number of carbonyl (C=O) groups is 2. The third-order valence-corrected chi connectivity index (χ3v) is 6.32. The van der Waals surface area contributed by atoms with Gasteiger partial charge in [-0.1, -0.05) is 24.3 Å². The van der Waals surface area contributed by atoms with Crippen molar-refractivity contribution in [2.24, 2.45) is 5.41 Å². The molecule has 2 amide bonds. The fourth-order valence-corrected chi connectivity index (χ4v) is 4.51. The molecule has 6 heteroatoms. The second-order valence-electron chi connectivity index (χ2n) is 9.05. The van der Waals surface area contributed by atoms with E-state index in [1.165, 1.54) is 0 Å². The molecule has 33 heavy (non-hydrogen) atoms. The lowest BCUT2D eigenvalue weighted by Gasteiger charge is -2.41. The zero-order valence-corrected chi connectivity index (χ0v) is 19.2. The molecule has 0 spiro atoms. The molecule has 6 nitrogen and oxygen atoms in total. The molecule has 1 saturated heterocycles. The first-order chi connectivity index (χ1) is 16.0. The Kier molecular flexibility index (Phi) is 6.82. The highest BCUT2D eigenvalue weighted by Gasteiger charge is 2.42. The quantitative estimate of drug-likeness (QED) is 0.623. The normalized spacial score (nSPS) is 15.3. The zero-order chi connectivity index (χ0) is 23.3. The Bertz CT molecular complexity index is 1090. The number of pyridine rings is 2. The number of nitrogens with zero attached hydrogens (tertiary/aromatic N) is 3. The smallest absolute Gasteiger partial charge is 0.253 e. The van der Waals surface area contributed by atoms with Crippen molar-refractivity contribution < 1.29 is 9.59 Å². The van der Waals surface area contributed by atoms with Crippen LogP contribution in [0.4, 0.5) is 0 Å². The Hall–Kier alpha value is -3.54. The van der Waals surface area contributed by atoms with E-state index in [0.29, 0.717) is 37.9 Å². The Balaban J connectivity index is 1.55. The number of carbonyl (C=O) groups excluding carboxylic acids is 2. The molecule has 0 saturated carbocycles. The van der Waals surface area contributed by atoms with Crippen molar-refractivity contribution in [1.82, 2.24) is 20.2 Å². The number of likely N-dealkylation sites (tertiary alicyclic amines) is 1. The minimum Gasteiger partial charge on any atom is -0.353 e. The van der Waals surface area contributed by atoms with Crippen molar-refractivity contribution in [2.75, 3.05) is 13.1 Å². The lowest BCUT2D eigenvalue weighted by molar-refractivity contribution is -0.134. The molecular weight excluding hydrogens is 412 g/mol. The Labute approximate surface area is 195 Å². The van der Waals surface area contributed by atoms with Crippen LogP contribution in [0, 0.1) is 5.41 Å². The number of piperidine rings is 1. The number of nitrogens with one attached hydrogen (secondary N) is 1. The summed E-state index contributed by atoms with van der Waals surface area (Å²) in [4.78, 5) is 36.3. The van der Waals surface area contributed by atoms with E-state index in [2.05, 4.69) is 33.5 Å². The molecule has 0 unspecified atom stereocenters. The second kappa shape index (κ2) is 9.94. The van der Waals surface area contributed by atoms with E-state index < -0.39 is 5.41 Å². The van der Waals surface area contributed by atoms with Gasteiger partial charge >= 0.3 is 0 Å². The number of amides is 2. The summed E-state index contributed by atoms with van der Waals surface area (Å²) in [5.41, 5.74) is 3.42. The van der Waals surface area contributed by atoms with Gasteiger partial charge in [0, 0.05) is 49.5 Å². The zero-order valence-electron chi connectivity index (χ0n) is 19.2. The van der Waals surface area contributed by atoms with Crippen LogP contribution in [0.15, 0.2) is 73.3 Å². The molecule has 170 valence electrons. The van der Waals surface area contributed by atoms with Crippen molar-refractivity contribution >= 4 is 11.8 Å². The van der Waals surface area contributed by atoms with E-state index >= 15 is 0 Å². The molecule has 1 aromatic carbocycles. The van der Waals surface area contributed by atoms with E-state index in [4.69, 9.17) is 0 Å². The van der Waals surface area contributed by atoms with E-state index in [1.807, 2.05) is 36.9 Å². The van der Waals surface area contributed by atoms with Gasteiger partial charge in [-0.15, -0.1) is 0 Å². The summed E-state index contributed by atoms with van der Waals surface area (Å²) in [5, 5.41) is 3.14. The molecule has 1 N–H and O–H groups in total. The molecule has 2 aromatic heterocycles. The van der Waals surface area contributed by atoms with Gasteiger partial charge in [-0.2, -0.15) is 0 Å². The van der Waals surface area contributed by atoms with Crippen molar-refractivity contribution in [3.63, 3.8) is 0 Å². The number of rotatable bonds is 6. The summed E-state index contributed by atoms with van der Waals surface area (Å²) in [7, 11) is 0. The van der Waals surface area contributed by atoms with Gasteiger partial charge in [0.05, 0.1) is 5.41 Å². The molecule has 0 aliphatic carbocycles. The highest BCUT2D eigenvalue weighted by atomic mass is 16.2. The summed E-state index contributed by atoms with van der Waals surface area (Å²) >= 11 is 0. The molecule has 3 heterocycles. The number of benzene rings is 1. The monoisotopic (exact) mass is 442 g/mol. The topological polar surface area (TPSA) is 75.2 Å². The predicted octanol–water partition coefficient (Wildman–Crippen LogP) is 4.13. The van der Waals surface area contributed by atoms with Crippen LogP contribution < -0.4 is 5.32 Å². The van der Waals surface area contributed by atoms with Crippen LogP contribution in [0.3, 0.4) is 0 Å². The van der Waals surface area contributed by atoms with Crippen LogP contribution >= 0.6 is 0 Å². The van der Waals surface area contributed by atoms with Gasteiger partial charge in [0.15, 0.2) is 0 Å². The highest BCUT2D eigenvalue weighted by Crippen LogP contribution is 2.37. The maximum absolute atomic E-state index is 13.4. The van der Waals surface area contributed by atoms with Crippen LogP contribution in [0.2, 0.25) is 0 Å². The molecule has 0 radical (unpaired) electrons. The summed E-state index contributed by atoms with van der Waals surface area (Å²) in [6.45, 7) is 5.07. The maximum Gasteiger partial charge on any atom is 0.253 e. The van der Waals surface area contributed by atoms with Crippen LogP contribution in [0.1, 0.15) is 42.6 Å². The number of aromatic nitrogens is 2. The van der Waals surface area contributed by atoms with Crippen molar-refractivity contribution in [3.8, 4) is 11.1 Å². The second-order valence-corrected chi connectivity index (χ2v) is 9.05. The predicted molar refractivity (Wildman–Crippen MR) is 128 cm³/mol. The molecule has 0 bridgehead atoms. The highest BCUT2D eigenvalue weighted by molar-refractivity contribution is 5.94. The van der Waals surface area contributed by atoms with E-state index in [-0.39, 0.29) is 17.9 Å². The molecule has 1 aliphatic rings. The average Bonchev–Trinajstić information content (AvgIpc) is 2.85. The van der Waals surface area contributed by atoms with E-state index in [0.717, 1.165) is 16.7 Å². The third kappa shape index (κ3) is 5.28. The minimum atomic E-state index is -0.545. The van der Waals surface area contributed by atoms with Gasteiger partial charge in [0.2, 0.25) is 5.91 Å². The van der Waals surface area contributed by atoms with Crippen LogP contribution in [0.5, 0.6) is 0 Å². The minimum absolute atomic E-state index is 0.00467. The molecule has 1 fully saturated rings. The molecule has 0 atom stereocenters. The van der Waals surface area contributed by atoms with Crippen molar-refractivity contribution in [1.29, 1.82) is 0 Å². The largest absolute Gasteiger partial charge is 0.353 e. The number of hydrogen-bond donors (Lipinski definition) is 1. The van der Waals surface area contributed by atoms with Crippen molar-refractivity contribution in [3.05, 3.63) is 84.4 Å². The van der Waals surface area contributed by atoms with Gasteiger partial charge in [0.1, 0.15) is 0 Å². The van der Waals surface area contributed by atoms with Crippen LogP contribution in [-0.2, 0) is 11.2 Å². The maximum atomic E-state index is 13.4. The van der Waals surface area contributed by atoms with E-state index in [9.17, 15) is 9.59 Å².